The maximum absolute atomic E-state index is 9.64. The Hall–Kier alpha value is -0.590. The standard InChI is InChI=1S/C9H16N2O/c1-2-9(12)7-11(8-9)6-4-3-5-10/h12H,2-4,6-8H2,1H3. The summed E-state index contributed by atoms with van der Waals surface area (Å²) >= 11 is 0. The van der Waals surface area contributed by atoms with E-state index in [1.165, 1.54) is 0 Å². The summed E-state index contributed by atoms with van der Waals surface area (Å²) in [5.41, 5.74) is -0.424. The lowest BCUT2D eigenvalue weighted by molar-refractivity contribution is -0.0992. The second-order valence-corrected chi connectivity index (χ2v) is 3.55. The molecule has 1 aliphatic rings. The largest absolute Gasteiger partial charge is 0.387 e. The Bertz CT molecular complexity index is 179. The molecule has 0 aliphatic carbocycles. The zero-order valence-corrected chi connectivity index (χ0v) is 7.58. The van der Waals surface area contributed by atoms with Crippen molar-refractivity contribution in [3.63, 3.8) is 0 Å². The van der Waals surface area contributed by atoms with Crippen molar-refractivity contribution in [2.75, 3.05) is 19.6 Å². The maximum atomic E-state index is 9.64. The van der Waals surface area contributed by atoms with Crippen LogP contribution in [0.25, 0.3) is 0 Å². The van der Waals surface area contributed by atoms with E-state index in [0.717, 1.165) is 32.5 Å². The molecule has 0 aromatic rings. The van der Waals surface area contributed by atoms with Gasteiger partial charge >= 0.3 is 0 Å². The van der Waals surface area contributed by atoms with Gasteiger partial charge in [-0.2, -0.15) is 5.26 Å². The van der Waals surface area contributed by atoms with Crippen LogP contribution in [0, 0.1) is 11.3 Å². The summed E-state index contributed by atoms with van der Waals surface area (Å²) in [6.07, 6.45) is 2.39. The van der Waals surface area contributed by atoms with Crippen LogP contribution in [0.15, 0.2) is 0 Å². The van der Waals surface area contributed by atoms with Crippen LogP contribution in [0.4, 0.5) is 0 Å². The third-order valence-corrected chi connectivity index (χ3v) is 2.46. The van der Waals surface area contributed by atoms with Crippen molar-refractivity contribution >= 4 is 0 Å². The first kappa shape index (κ1) is 9.50. The summed E-state index contributed by atoms with van der Waals surface area (Å²) < 4.78 is 0. The Morgan fingerprint density at radius 2 is 2.25 bits per heavy atom. The molecule has 1 heterocycles. The summed E-state index contributed by atoms with van der Waals surface area (Å²) in [5.74, 6) is 0. The van der Waals surface area contributed by atoms with Crippen molar-refractivity contribution in [3.05, 3.63) is 0 Å². The molecule has 0 aromatic heterocycles. The number of likely N-dealkylation sites (tertiary alicyclic amines) is 1. The molecule has 1 saturated heterocycles. The van der Waals surface area contributed by atoms with E-state index in [9.17, 15) is 5.11 Å². The van der Waals surface area contributed by atoms with Crippen molar-refractivity contribution < 1.29 is 5.11 Å². The lowest BCUT2D eigenvalue weighted by atomic mass is 9.91. The molecule has 0 amide bonds. The molecule has 0 atom stereocenters. The smallest absolute Gasteiger partial charge is 0.0897 e. The SMILES string of the molecule is CCC1(O)CN(CCCC#N)C1. The van der Waals surface area contributed by atoms with Crippen molar-refractivity contribution in [1.82, 2.24) is 4.90 Å². The van der Waals surface area contributed by atoms with E-state index >= 15 is 0 Å². The van der Waals surface area contributed by atoms with Crippen LogP contribution in [0.5, 0.6) is 0 Å². The van der Waals surface area contributed by atoms with Crippen LogP contribution in [0.1, 0.15) is 26.2 Å². The molecule has 0 bridgehead atoms. The van der Waals surface area contributed by atoms with Gasteiger partial charge in [0.15, 0.2) is 0 Å². The van der Waals surface area contributed by atoms with E-state index < -0.39 is 5.60 Å². The van der Waals surface area contributed by atoms with Crippen LogP contribution >= 0.6 is 0 Å². The molecule has 3 heteroatoms. The first-order chi connectivity index (χ1) is 5.70. The Kier molecular flexibility index (Phi) is 3.07. The molecule has 1 N–H and O–H groups in total. The van der Waals surface area contributed by atoms with Gasteiger partial charge in [0.05, 0.1) is 11.7 Å². The third kappa shape index (κ3) is 2.20. The molecule has 1 aliphatic heterocycles. The fourth-order valence-electron chi connectivity index (χ4n) is 1.55. The fraction of sp³-hybridized carbons (Fsp3) is 0.889. The molecule has 0 aromatic carbocycles. The van der Waals surface area contributed by atoms with E-state index in [1.807, 2.05) is 6.92 Å². The Morgan fingerprint density at radius 3 is 2.75 bits per heavy atom. The van der Waals surface area contributed by atoms with Crippen molar-refractivity contribution in [2.24, 2.45) is 0 Å². The van der Waals surface area contributed by atoms with Gasteiger partial charge in [0.1, 0.15) is 0 Å². The molecule has 0 saturated carbocycles. The molecule has 0 spiro atoms. The number of rotatable bonds is 4. The average Bonchev–Trinajstić information content (AvgIpc) is 2.01. The number of hydrogen-bond acceptors (Lipinski definition) is 3. The first-order valence-corrected chi connectivity index (χ1v) is 4.52. The first-order valence-electron chi connectivity index (χ1n) is 4.52. The van der Waals surface area contributed by atoms with Gasteiger partial charge in [-0.3, -0.25) is 4.90 Å². The number of aliphatic hydroxyl groups is 1. The Balaban J connectivity index is 2.06. The topological polar surface area (TPSA) is 47.3 Å². The number of β-amino-alcohol motifs (C(OH)–C–C–N with tert-alkyl or cyclic N) is 1. The molecule has 0 unspecified atom stereocenters. The van der Waals surface area contributed by atoms with Crippen LogP contribution in [-0.4, -0.2) is 35.2 Å². The quantitative estimate of drug-likeness (QED) is 0.630. The van der Waals surface area contributed by atoms with Gasteiger partial charge in [0, 0.05) is 19.5 Å². The predicted octanol–water partition coefficient (Wildman–Crippen LogP) is 0.747. The van der Waals surface area contributed by atoms with Crippen LogP contribution < -0.4 is 0 Å². The van der Waals surface area contributed by atoms with E-state index in [1.54, 1.807) is 0 Å². The molecular weight excluding hydrogens is 152 g/mol. The predicted molar refractivity (Wildman–Crippen MR) is 46.5 cm³/mol. The number of unbranched alkanes of at least 4 members (excludes halogenated alkanes) is 1. The summed E-state index contributed by atoms with van der Waals surface area (Å²) in [6.45, 7) is 4.53. The van der Waals surface area contributed by atoms with E-state index in [-0.39, 0.29) is 0 Å². The molecule has 1 fully saturated rings. The number of nitriles is 1. The van der Waals surface area contributed by atoms with Gasteiger partial charge in [-0.15, -0.1) is 0 Å². The van der Waals surface area contributed by atoms with Gasteiger partial charge in [0.25, 0.3) is 0 Å². The fourth-order valence-corrected chi connectivity index (χ4v) is 1.55. The molecular formula is C9H16N2O. The maximum Gasteiger partial charge on any atom is 0.0897 e. The Morgan fingerprint density at radius 1 is 1.58 bits per heavy atom. The second kappa shape index (κ2) is 3.88. The summed E-state index contributed by atoms with van der Waals surface area (Å²) in [5, 5.41) is 17.9. The minimum Gasteiger partial charge on any atom is -0.387 e. The summed E-state index contributed by atoms with van der Waals surface area (Å²) in [6, 6.07) is 2.12. The van der Waals surface area contributed by atoms with Crippen molar-refractivity contribution in [2.45, 2.75) is 31.8 Å². The molecule has 0 radical (unpaired) electrons. The molecule has 1 rings (SSSR count). The van der Waals surface area contributed by atoms with Gasteiger partial charge in [-0.1, -0.05) is 6.92 Å². The zero-order valence-electron chi connectivity index (χ0n) is 7.58. The highest BCUT2D eigenvalue weighted by molar-refractivity contribution is 4.94. The molecule has 12 heavy (non-hydrogen) atoms. The number of nitrogens with zero attached hydrogens (tertiary/aromatic N) is 2. The van der Waals surface area contributed by atoms with Gasteiger partial charge in [0.2, 0.25) is 0 Å². The molecule has 68 valence electrons. The minimum atomic E-state index is -0.424. The average molecular weight is 168 g/mol. The van der Waals surface area contributed by atoms with E-state index in [0.29, 0.717) is 6.42 Å². The lowest BCUT2D eigenvalue weighted by Crippen LogP contribution is -2.61. The van der Waals surface area contributed by atoms with Crippen molar-refractivity contribution in [3.8, 4) is 6.07 Å². The summed E-state index contributed by atoms with van der Waals surface area (Å²) in [7, 11) is 0. The van der Waals surface area contributed by atoms with E-state index in [2.05, 4.69) is 11.0 Å². The van der Waals surface area contributed by atoms with Crippen LogP contribution in [0.3, 0.4) is 0 Å². The number of hydrogen-bond donors (Lipinski definition) is 1. The minimum absolute atomic E-state index is 0.424. The van der Waals surface area contributed by atoms with Crippen molar-refractivity contribution in [1.29, 1.82) is 5.26 Å². The van der Waals surface area contributed by atoms with Gasteiger partial charge in [-0.25, -0.2) is 0 Å². The summed E-state index contributed by atoms with van der Waals surface area (Å²) in [4.78, 5) is 2.20. The van der Waals surface area contributed by atoms with Crippen LogP contribution in [0.2, 0.25) is 0 Å². The lowest BCUT2D eigenvalue weighted by Gasteiger charge is -2.46. The highest BCUT2D eigenvalue weighted by Crippen LogP contribution is 2.23. The highest BCUT2D eigenvalue weighted by Gasteiger charge is 2.38. The van der Waals surface area contributed by atoms with E-state index in [4.69, 9.17) is 5.26 Å². The highest BCUT2D eigenvalue weighted by atomic mass is 16.3. The zero-order chi connectivity index (χ0) is 9.03. The van der Waals surface area contributed by atoms with Crippen LogP contribution in [-0.2, 0) is 0 Å². The second-order valence-electron chi connectivity index (χ2n) is 3.55. The normalized spacial score (nSPS) is 21.4. The monoisotopic (exact) mass is 168 g/mol. The van der Waals surface area contributed by atoms with Gasteiger partial charge in [-0.05, 0) is 19.4 Å². The van der Waals surface area contributed by atoms with Gasteiger partial charge < -0.3 is 5.11 Å². The third-order valence-electron chi connectivity index (χ3n) is 2.46. The molecule has 3 nitrogen and oxygen atoms in total. The Labute approximate surface area is 73.6 Å².